The van der Waals surface area contributed by atoms with Gasteiger partial charge in [-0.3, -0.25) is 15.0 Å². The first-order valence-corrected chi connectivity index (χ1v) is 17.2. The van der Waals surface area contributed by atoms with E-state index in [-0.39, 0.29) is 0 Å². The van der Waals surface area contributed by atoms with Gasteiger partial charge in [0.2, 0.25) is 0 Å². The lowest BCUT2D eigenvalue weighted by Crippen LogP contribution is -2.42. The summed E-state index contributed by atoms with van der Waals surface area (Å²) in [6, 6.07) is 48.0. The van der Waals surface area contributed by atoms with Gasteiger partial charge in [0.1, 0.15) is 0 Å². The maximum atomic E-state index is 4.51. The second-order valence-electron chi connectivity index (χ2n) is 13.9. The molecule has 0 saturated heterocycles. The lowest BCUT2D eigenvalue weighted by molar-refractivity contribution is 0.492. The monoisotopic (exact) mass is 633 g/mol. The Balaban J connectivity index is 1.28. The maximum absolute atomic E-state index is 4.51. The third kappa shape index (κ3) is 2.82. The molecule has 0 atom stereocenters. The summed E-state index contributed by atoms with van der Waals surface area (Å²) in [6.07, 6.45) is 11.5. The van der Waals surface area contributed by atoms with Crippen LogP contribution in [0.5, 0.6) is 0 Å². The van der Waals surface area contributed by atoms with Crippen molar-refractivity contribution in [1.82, 2.24) is 15.0 Å². The number of hydrogen-bond donors (Lipinski definition) is 0. The molecular formula is C47H27N3. The van der Waals surface area contributed by atoms with E-state index in [1.54, 1.807) is 0 Å². The first-order chi connectivity index (χ1) is 24.8. The van der Waals surface area contributed by atoms with Crippen LogP contribution in [0.3, 0.4) is 0 Å². The van der Waals surface area contributed by atoms with Crippen LogP contribution in [0.25, 0.3) is 65.7 Å². The molecule has 0 fully saturated rings. The molecule has 3 heteroatoms. The van der Waals surface area contributed by atoms with E-state index >= 15 is 0 Å². The summed E-state index contributed by atoms with van der Waals surface area (Å²) in [7, 11) is 0. The number of aromatic nitrogens is 3. The van der Waals surface area contributed by atoms with E-state index in [1.165, 1.54) is 82.4 Å². The highest BCUT2D eigenvalue weighted by Gasteiger charge is 2.70. The van der Waals surface area contributed by atoms with Crippen molar-refractivity contribution < 1.29 is 0 Å². The van der Waals surface area contributed by atoms with E-state index in [4.69, 9.17) is 0 Å². The normalized spacial score (nSPS) is 19.0. The summed E-state index contributed by atoms with van der Waals surface area (Å²) in [5, 5.41) is 7.95. The van der Waals surface area contributed by atoms with Crippen molar-refractivity contribution in [2.75, 3.05) is 0 Å². The molecule has 3 heterocycles. The largest absolute Gasteiger partial charge is 0.264 e. The van der Waals surface area contributed by atoms with Gasteiger partial charge in [-0.2, -0.15) is 0 Å². The maximum Gasteiger partial charge on any atom is 0.0648 e. The number of nitrogens with zero attached hydrogens (tertiary/aromatic N) is 3. The molecule has 0 radical (unpaired) electrons. The number of pyridine rings is 3. The Morgan fingerprint density at radius 2 is 0.620 bits per heavy atom. The molecule has 3 nitrogen and oxygen atoms in total. The summed E-state index contributed by atoms with van der Waals surface area (Å²) in [4.78, 5) is 13.5. The first-order valence-electron chi connectivity index (χ1n) is 17.2. The minimum absolute atomic E-state index is 0.451. The van der Waals surface area contributed by atoms with Gasteiger partial charge >= 0.3 is 0 Å². The fourth-order valence-electron chi connectivity index (χ4n) is 10.5. The fourth-order valence-corrected chi connectivity index (χ4v) is 10.5. The third-order valence-corrected chi connectivity index (χ3v) is 12.0. The molecular weight excluding hydrogens is 607 g/mol. The van der Waals surface area contributed by atoms with Gasteiger partial charge in [0.15, 0.2) is 0 Å². The molecule has 0 spiro atoms. The number of benzene rings is 6. The first kappa shape index (κ1) is 26.5. The lowest BCUT2D eigenvalue weighted by atomic mass is 9.59. The van der Waals surface area contributed by atoms with Crippen LogP contribution < -0.4 is 0 Å². The molecule has 6 aromatic carbocycles. The van der Waals surface area contributed by atoms with Crippen LogP contribution in [-0.2, 0) is 10.8 Å². The molecule has 230 valence electrons. The molecule has 3 aliphatic rings. The van der Waals surface area contributed by atoms with Gasteiger partial charge in [0.25, 0.3) is 0 Å². The fraction of sp³-hybridized carbons (Fsp3) is 0.0426. The van der Waals surface area contributed by atoms with E-state index in [0.29, 0.717) is 0 Å². The van der Waals surface area contributed by atoms with E-state index < -0.39 is 10.8 Å². The van der Waals surface area contributed by atoms with Gasteiger partial charge in [-0.25, -0.2) is 0 Å². The van der Waals surface area contributed by atoms with Gasteiger partial charge in [0, 0.05) is 53.9 Å². The van der Waals surface area contributed by atoms with Crippen LogP contribution in [0.15, 0.2) is 165 Å². The molecule has 9 aromatic rings. The average molecular weight is 634 g/mol. The van der Waals surface area contributed by atoms with Crippen LogP contribution in [0.1, 0.15) is 33.4 Å². The zero-order valence-corrected chi connectivity index (χ0v) is 26.9. The van der Waals surface area contributed by atoms with Gasteiger partial charge in [-0.05, 0) is 101 Å². The molecule has 0 bridgehead atoms. The Kier molecular flexibility index (Phi) is 4.85. The zero-order valence-electron chi connectivity index (χ0n) is 26.9. The van der Waals surface area contributed by atoms with Crippen molar-refractivity contribution >= 4 is 32.3 Å². The Bertz CT molecular complexity index is 2560. The summed E-state index contributed by atoms with van der Waals surface area (Å²) in [5.41, 5.74) is 14.5. The van der Waals surface area contributed by atoms with E-state index in [2.05, 4.69) is 124 Å². The summed E-state index contributed by atoms with van der Waals surface area (Å²) < 4.78 is 0. The van der Waals surface area contributed by atoms with Crippen molar-refractivity contribution in [3.63, 3.8) is 0 Å². The minimum atomic E-state index is -0.451. The van der Waals surface area contributed by atoms with Crippen LogP contribution in [0.2, 0.25) is 0 Å². The smallest absolute Gasteiger partial charge is 0.0648 e. The third-order valence-electron chi connectivity index (χ3n) is 12.0. The predicted molar refractivity (Wildman–Crippen MR) is 201 cm³/mol. The van der Waals surface area contributed by atoms with Crippen molar-refractivity contribution in [2.24, 2.45) is 0 Å². The second kappa shape index (κ2) is 9.16. The second-order valence-corrected chi connectivity index (χ2v) is 13.9. The molecule has 12 rings (SSSR count). The lowest BCUT2D eigenvalue weighted by Gasteiger charge is -2.40. The highest BCUT2D eigenvalue weighted by atomic mass is 14.7. The average Bonchev–Trinajstić information content (AvgIpc) is 3.72. The Labute approximate surface area is 288 Å². The highest BCUT2D eigenvalue weighted by molar-refractivity contribution is 6.17. The van der Waals surface area contributed by atoms with Gasteiger partial charge in [-0.1, -0.05) is 109 Å². The standard InChI is InChI=1S/C47H27N3/c1-10-34-31(28-7-4-22-48-25-28)16-19-40-43(34)37(13-1)46-38-14-2-11-35-32(29-8-5-23-49-26-29)17-20-41(44(35)38)47(40,46)42-21-18-33(30-9-6-24-50-27-30)36-12-3-15-39(46)45(36)42/h1-27H. The number of hydrogen-bond acceptors (Lipinski definition) is 3. The minimum Gasteiger partial charge on any atom is -0.264 e. The molecule has 3 aliphatic carbocycles. The summed E-state index contributed by atoms with van der Waals surface area (Å²) in [6.45, 7) is 0. The number of rotatable bonds is 3. The van der Waals surface area contributed by atoms with Crippen LogP contribution >= 0.6 is 0 Å². The summed E-state index contributed by atoms with van der Waals surface area (Å²) >= 11 is 0. The predicted octanol–water partition coefficient (Wildman–Crippen LogP) is 10.6. The topological polar surface area (TPSA) is 38.7 Å². The molecule has 0 N–H and O–H groups in total. The van der Waals surface area contributed by atoms with Gasteiger partial charge in [0.05, 0.1) is 10.8 Å². The van der Waals surface area contributed by atoms with Crippen molar-refractivity contribution in [3.8, 4) is 33.4 Å². The van der Waals surface area contributed by atoms with Crippen LogP contribution in [-0.4, -0.2) is 15.0 Å². The molecule has 0 amide bonds. The van der Waals surface area contributed by atoms with E-state index in [9.17, 15) is 0 Å². The van der Waals surface area contributed by atoms with Crippen LogP contribution in [0.4, 0.5) is 0 Å². The van der Waals surface area contributed by atoms with Gasteiger partial charge in [-0.15, -0.1) is 0 Å². The molecule has 3 aromatic heterocycles. The quantitative estimate of drug-likeness (QED) is 0.194. The van der Waals surface area contributed by atoms with E-state index in [1.807, 2.05) is 55.4 Å². The Morgan fingerprint density at radius 1 is 0.300 bits per heavy atom. The molecule has 0 saturated carbocycles. The zero-order chi connectivity index (χ0) is 32.6. The van der Waals surface area contributed by atoms with Crippen molar-refractivity contribution in [2.45, 2.75) is 10.8 Å². The van der Waals surface area contributed by atoms with Crippen molar-refractivity contribution in [3.05, 3.63) is 198 Å². The molecule has 0 aliphatic heterocycles. The van der Waals surface area contributed by atoms with Gasteiger partial charge < -0.3 is 0 Å². The van der Waals surface area contributed by atoms with E-state index in [0.717, 1.165) is 16.7 Å². The van der Waals surface area contributed by atoms with Crippen molar-refractivity contribution in [1.29, 1.82) is 0 Å². The summed E-state index contributed by atoms with van der Waals surface area (Å²) in [5.74, 6) is 0. The Morgan fingerprint density at radius 3 is 0.920 bits per heavy atom. The SMILES string of the molecule is c1cncc(-c2ccc3c4c(cccc24)C24c5cccc6c(-c7cccnc7)ccc(c56)C32c2ccc(-c3cccnc3)c3cccc4c23)c1. The highest BCUT2D eigenvalue weighted by Crippen LogP contribution is 2.76. The van der Waals surface area contributed by atoms with Crippen LogP contribution in [0, 0.1) is 0 Å². The molecule has 0 unspecified atom stereocenters. The molecule has 50 heavy (non-hydrogen) atoms. The Hall–Kier alpha value is -6.45.